The van der Waals surface area contributed by atoms with E-state index in [0.29, 0.717) is 12.5 Å². The highest BCUT2D eigenvalue weighted by Gasteiger charge is 2.05. The number of methoxy groups -OCH3 is 1. The quantitative estimate of drug-likeness (QED) is 0.905. The number of aryl methyl sites for hydroxylation is 1. The predicted octanol–water partition coefficient (Wildman–Crippen LogP) is 1.95. The van der Waals surface area contributed by atoms with Crippen molar-refractivity contribution in [2.24, 2.45) is 0 Å². The van der Waals surface area contributed by atoms with Crippen LogP contribution in [0.3, 0.4) is 0 Å². The van der Waals surface area contributed by atoms with E-state index in [1.165, 1.54) is 7.11 Å². The van der Waals surface area contributed by atoms with Crippen molar-refractivity contribution in [2.75, 3.05) is 19.0 Å². The van der Waals surface area contributed by atoms with Gasteiger partial charge in [0.2, 0.25) is 11.2 Å². The van der Waals surface area contributed by atoms with Crippen molar-refractivity contribution in [3.8, 4) is 6.01 Å². The number of anilines is 1. The monoisotopic (exact) mass is 285 g/mol. The van der Waals surface area contributed by atoms with E-state index in [1.807, 2.05) is 12.3 Å². The first kappa shape index (κ1) is 13.0. The van der Waals surface area contributed by atoms with Crippen molar-refractivity contribution in [1.82, 2.24) is 19.9 Å². The van der Waals surface area contributed by atoms with Gasteiger partial charge in [-0.3, -0.25) is 0 Å². The zero-order valence-electron chi connectivity index (χ0n) is 9.97. The lowest BCUT2D eigenvalue weighted by Gasteiger charge is -2.04. The number of ether oxygens (including phenoxy) is 1. The first-order valence-corrected chi connectivity index (χ1v) is 6.53. The average Bonchev–Trinajstić information content (AvgIpc) is 2.74. The van der Waals surface area contributed by atoms with Gasteiger partial charge in [-0.15, -0.1) is 11.3 Å². The van der Waals surface area contributed by atoms with E-state index in [0.717, 1.165) is 17.1 Å². The summed E-state index contributed by atoms with van der Waals surface area (Å²) in [5.74, 6) is 0.402. The Bertz CT molecular complexity index is 533. The van der Waals surface area contributed by atoms with Crippen LogP contribution in [0, 0.1) is 6.92 Å². The molecule has 0 saturated carbocycles. The normalized spacial score (nSPS) is 10.4. The second-order valence-electron chi connectivity index (χ2n) is 3.45. The van der Waals surface area contributed by atoms with E-state index in [-0.39, 0.29) is 11.3 Å². The van der Waals surface area contributed by atoms with Crippen molar-refractivity contribution in [1.29, 1.82) is 0 Å². The van der Waals surface area contributed by atoms with Gasteiger partial charge in [0.15, 0.2) is 0 Å². The summed E-state index contributed by atoms with van der Waals surface area (Å²) in [5.41, 5.74) is 1.05. The number of rotatable bonds is 5. The highest BCUT2D eigenvalue weighted by Crippen LogP contribution is 2.11. The summed E-state index contributed by atoms with van der Waals surface area (Å²) < 4.78 is 4.91. The van der Waals surface area contributed by atoms with E-state index in [2.05, 4.69) is 25.3 Å². The average molecular weight is 286 g/mol. The Balaban J connectivity index is 1.91. The Morgan fingerprint density at radius 3 is 2.83 bits per heavy atom. The molecule has 2 rings (SSSR count). The Morgan fingerprint density at radius 2 is 2.17 bits per heavy atom. The zero-order valence-corrected chi connectivity index (χ0v) is 11.5. The summed E-state index contributed by atoms with van der Waals surface area (Å²) in [6.45, 7) is 2.66. The molecule has 0 aliphatic rings. The van der Waals surface area contributed by atoms with Gasteiger partial charge < -0.3 is 10.1 Å². The third-order valence-electron chi connectivity index (χ3n) is 2.10. The topological polar surface area (TPSA) is 72.8 Å². The van der Waals surface area contributed by atoms with Crippen LogP contribution >= 0.6 is 22.9 Å². The molecule has 8 heteroatoms. The Labute approximate surface area is 113 Å². The summed E-state index contributed by atoms with van der Waals surface area (Å²) in [6, 6.07) is 0.196. The molecule has 0 spiro atoms. The molecule has 96 valence electrons. The van der Waals surface area contributed by atoms with E-state index in [1.54, 1.807) is 11.3 Å². The van der Waals surface area contributed by atoms with Crippen LogP contribution in [0.1, 0.15) is 10.7 Å². The predicted molar refractivity (Wildman–Crippen MR) is 70.4 cm³/mol. The van der Waals surface area contributed by atoms with Crippen LogP contribution in [0.5, 0.6) is 6.01 Å². The Morgan fingerprint density at radius 1 is 1.33 bits per heavy atom. The Kier molecular flexibility index (Phi) is 4.27. The van der Waals surface area contributed by atoms with Gasteiger partial charge in [0, 0.05) is 18.3 Å². The van der Waals surface area contributed by atoms with Crippen LogP contribution in [-0.4, -0.2) is 33.6 Å². The maximum Gasteiger partial charge on any atom is 0.322 e. The third-order valence-corrected chi connectivity index (χ3v) is 3.09. The van der Waals surface area contributed by atoms with E-state index < -0.39 is 0 Å². The molecule has 0 aromatic carbocycles. The number of thiazole rings is 1. The molecule has 2 heterocycles. The first-order valence-electron chi connectivity index (χ1n) is 5.28. The second-order valence-corrected chi connectivity index (χ2v) is 4.85. The fourth-order valence-corrected chi connectivity index (χ4v) is 2.13. The third kappa shape index (κ3) is 3.51. The van der Waals surface area contributed by atoms with Crippen LogP contribution in [-0.2, 0) is 6.42 Å². The number of nitrogens with one attached hydrogen (secondary N) is 1. The molecule has 1 N–H and O–H groups in total. The molecule has 0 aliphatic heterocycles. The Hall–Kier alpha value is -1.47. The van der Waals surface area contributed by atoms with Gasteiger partial charge in [-0.25, -0.2) is 4.98 Å². The van der Waals surface area contributed by atoms with Crippen molar-refractivity contribution < 1.29 is 4.74 Å². The van der Waals surface area contributed by atoms with Crippen LogP contribution in [0.4, 0.5) is 5.95 Å². The molecule has 0 atom stereocenters. The molecule has 2 aromatic heterocycles. The van der Waals surface area contributed by atoms with Gasteiger partial charge in [0.25, 0.3) is 0 Å². The highest BCUT2D eigenvalue weighted by molar-refractivity contribution is 7.09. The van der Waals surface area contributed by atoms with E-state index >= 15 is 0 Å². The molecular formula is C10H12ClN5OS. The van der Waals surface area contributed by atoms with Crippen LogP contribution < -0.4 is 10.1 Å². The molecular weight excluding hydrogens is 274 g/mol. The molecule has 0 unspecified atom stereocenters. The minimum absolute atomic E-state index is 0.105. The minimum Gasteiger partial charge on any atom is -0.467 e. The van der Waals surface area contributed by atoms with Crippen LogP contribution in [0.15, 0.2) is 5.38 Å². The summed E-state index contributed by atoms with van der Waals surface area (Å²) in [4.78, 5) is 16.1. The number of hydrogen-bond acceptors (Lipinski definition) is 7. The lowest BCUT2D eigenvalue weighted by Crippen LogP contribution is -2.09. The standard InChI is InChI=1S/C10H12ClN5OS/c1-6-13-7(5-18-6)3-4-12-9-14-8(11)15-10(16-9)17-2/h5H,3-4H2,1-2H3,(H,12,14,15,16). The molecule has 18 heavy (non-hydrogen) atoms. The zero-order chi connectivity index (χ0) is 13.0. The van der Waals surface area contributed by atoms with Gasteiger partial charge in [-0.2, -0.15) is 15.0 Å². The lowest BCUT2D eigenvalue weighted by molar-refractivity contribution is 0.379. The van der Waals surface area contributed by atoms with Crippen molar-refractivity contribution in [3.05, 3.63) is 21.4 Å². The van der Waals surface area contributed by atoms with Gasteiger partial charge >= 0.3 is 6.01 Å². The first-order chi connectivity index (χ1) is 8.67. The SMILES string of the molecule is COc1nc(Cl)nc(NCCc2csc(C)n2)n1. The summed E-state index contributed by atoms with van der Waals surface area (Å²) in [7, 11) is 1.48. The van der Waals surface area contributed by atoms with Crippen LogP contribution in [0.25, 0.3) is 0 Å². The molecule has 2 aromatic rings. The fraction of sp³-hybridized carbons (Fsp3) is 0.400. The van der Waals surface area contributed by atoms with Gasteiger partial charge in [0.05, 0.1) is 17.8 Å². The van der Waals surface area contributed by atoms with Gasteiger partial charge in [-0.05, 0) is 18.5 Å². The van der Waals surface area contributed by atoms with E-state index in [9.17, 15) is 0 Å². The summed E-state index contributed by atoms with van der Waals surface area (Å²) in [6.07, 6.45) is 0.802. The minimum atomic E-state index is 0.105. The largest absolute Gasteiger partial charge is 0.467 e. The lowest BCUT2D eigenvalue weighted by atomic mass is 10.3. The van der Waals surface area contributed by atoms with Crippen molar-refractivity contribution >= 4 is 28.9 Å². The molecule has 0 amide bonds. The fourth-order valence-electron chi connectivity index (χ4n) is 1.33. The summed E-state index contributed by atoms with van der Waals surface area (Å²) in [5, 5.41) is 6.27. The van der Waals surface area contributed by atoms with Gasteiger partial charge in [0.1, 0.15) is 0 Å². The van der Waals surface area contributed by atoms with Crippen molar-refractivity contribution in [2.45, 2.75) is 13.3 Å². The molecule has 0 bridgehead atoms. The maximum atomic E-state index is 5.74. The highest BCUT2D eigenvalue weighted by atomic mass is 35.5. The molecule has 0 fully saturated rings. The molecule has 6 nitrogen and oxygen atoms in total. The van der Waals surface area contributed by atoms with Crippen molar-refractivity contribution in [3.63, 3.8) is 0 Å². The molecule has 0 saturated heterocycles. The molecule has 0 aliphatic carbocycles. The number of nitrogens with zero attached hydrogens (tertiary/aromatic N) is 4. The smallest absolute Gasteiger partial charge is 0.322 e. The maximum absolute atomic E-state index is 5.74. The van der Waals surface area contributed by atoms with Gasteiger partial charge in [-0.1, -0.05) is 0 Å². The van der Waals surface area contributed by atoms with E-state index in [4.69, 9.17) is 16.3 Å². The molecule has 0 radical (unpaired) electrons. The van der Waals surface area contributed by atoms with Crippen LogP contribution in [0.2, 0.25) is 5.28 Å². The number of halogens is 1. The summed E-state index contributed by atoms with van der Waals surface area (Å²) >= 11 is 7.37. The number of hydrogen-bond donors (Lipinski definition) is 1. The second kappa shape index (κ2) is 5.92. The number of aromatic nitrogens is 4.